The van der Waals surface area contributed by atoms with Crippen LogP contribution in [-0.4, -0.2) is 60.3 Å². The largest absolute Gasteiger partial charge is 0.369 e. The summed E-state index contributed by atoms with van der Waals surface area (Å²) in [5, 5.41) is 15.5. The van der Waals surface area contributed by atoms with Gasteiger partial charge in [-0.25, -0.2) is 9.67 Å². The van der Waals surface area contributed by atoms with Crippen LogP contribution >= 0.6 is 0 Å². The van der Waals surface area contributed by atoms with E-state index in [1.54, 1.807) is 42.2 Å². The number of carbonyl (C=O) groups is 2. The molecule has 0 saturated carbocycles. The Bertz CT molecular complexity index is 1520. The molecule has 5 rings (SSSR count). The third-order valence-electron chi connectivity index (χ3n) is 5.93. The zero-order valence-electron chi connectivity index (χ0n) is 18.7. The average Bonchev–Trinajstić information content (AvgIpc) is 3.50. The molecular formula is C25H22N6O3. The Morgan fingerprint density at radius 3 is 2.71 bits per heavy atom. The van der Waals surface area contributed by atoms with Crippen LogP contribution in [0.15, 0.2) is 55.0 Å². The van der Waals surface area contributed by atoms with Crippen molar-refractivity contribution >= 4 is 22.8 Å². The van der Waals surface area contributed by atoms with Crippen molar-refractivity contribution < 1.29 is 14.7 Å². The Morgan fingerprint density at radius 2 is 2.03 bits per heavy atom. The van der Waals surface area contributed by atoms with E-state index in [1.807, 2.05) is 36.1 Å². The molecule has 0 unspecified atom stereocenters. The molecule has 4 aromatic rings. The van der Waals surface area contributed by atoms with E-state index in [1.165, 1.54) is 4.90 Å². The van der Waals surface area contributed by atoms with Crippen molar-refractivity contribution in [2.75, 3.05) is 13.6 Å². The van der Waals surface area contributed by atoms with Gasteiger partial charge in [-0.2, -0.15) is 5.10 Å². The fraction of sp³-hybridized carbons (Fsp3) is 0.200. The van der Waals surface area contributed by atoms with Gasteiger partial charge in [0.2, 0.25) is 5.60 Å². The standard InChI is InChI=1S/C25H22N6O3/c1-29-10-7-17(15-29)18-13-20-21(22(26)32)28-31(23(20)27-14-18)19-5-3-4-16(12-19)6-8-25(34)9-11-30(2)24(25)33/h3-5,7,10,12-15,34H,9,11H2,1-2H3,(H2,26,32)/t25-/m0/s1. The van der Waals surface area contributed by atoms with Crippen LogP contribution in [0, 0.1) is 11.8 Å². The summed E-state index contributed by atoms with van der Waals surface area (Å²) in [7, 11) is 3.57. The SMILES string of the molecule is CN1CC[C@@](O)(C#Cc2cccc(-n3nc(C(N)=O)c4cc(-c5ccn(C)c5)cnc43)c2)C1=O. The van der Waals surface area contributed by atoms with E-state index in [4.69, 9.17) is 5.73 Å². The second-order valence-corrected chi connectivity index (χ2v) is 8.42. The zero-order chi connectivity index (χ0) is 24.0. The summed E-state index contributed by atoms with van der Waals surface area (Å²) in [6, 6.07) is 10.9. The van der Waals surface area contributed by atoms with Gasteiger partial charge in [-0.3, -0.25) is 9.59 Å². The van der Waals surface area contributed by atoms with Gasteiger partial charge in [-0.15, -0.1) is 0 Å². The van der Waals surface area contributed by atoms with Gasteiger partial charge in [0.1, 0.15) is 0 Å². The van der Waals surface area contributed by atoms with Crippen molar-refractivity contribution in [2.45, 2.75) is 12.0 Å². The van der Waals surface area contributed by atoms with Crippen LogP contribution < -0.4 is 5.73 Å². The third kappa shape index (κ3) is 3.60. The number of likely N-dealkylation sites (tertiary alicyclic amines) is 1. The molecule has 1 aliphatic heterocycles. The summed E-state index contributed by atoms with van der Waals surface area (Å²) < 4.78 is 3.47. The Balaban J connectivity index is 1.57. The molecule has 1 aromatic carbocycles. The van der Waals surface area contributed by atoms with Crippen molar-refractivity contribution in [3.63, 3.8) is 0 Å². The highest BCUT2D eigenvalue weighted by molar-refractivity contribution is 6.04. The predicted molar refractivity (Wildman–Crippen MR) is 126 cm³/mol. The molecule has 1 atom stereocenters. The maximum absolute atomic E-state index is 12.2. The molecule has 170 valence electrons. The highest BCUT2D eigenvalue weighted by Crippen LogP contribution is 2.27. The topological polar surface area (TPSA) is 119 Å². The summed E-state index contributed by atoms with van der Waals surface area (Å²) in [6.45, 7) is 0.454. The number of aliphatic hydroxyl groups is 1. The Hall–Kier alpha value is -4.42. The number of rotatable bonds is 3. The van der Waals surface area contributed by atoms with E-state index >= 15 is 0 Å². The Labute approximate surface area is 195 Å². The van der Waals surface area contributed by atoms with Crippen LogP contribution in [0.2, 0.25) is 0 Å². The lowest BCUT2D eigenvalue weighted by Gasteiger charge is -2.13. The first-order valence-electron chi connectivity index (χ1n) is 10.7. The number of primary amides is 1. The molecule has 1 aliphatic rings. The molecule has 9 nitrogen and oxygen atoms in total. The first-order valence-corrected chi connectivity index (χ1v) is 10.7. The number of carbonyl (C=O) groups excluding carboxylic acids is 2. The van der Waals surface area contributed by atoms with Crippen molar-refractivity contribution in [3.05, 3.63) is 66.2 Å². The molecule has 0 bridgehead atoms. The molecule has 0 aliphatic carbocycles. The average molecular weight is 454 g/mol. The molecule has 1 fully saturated rings. The first-order chi connectivity index (χ1) is 16.2. The molecule has 34 heavy (non-hydrogen) atoms. The second kappa shape index (κ2) is 7.86. The third-order valence-corrected chi connectivity index (χ3v) is 5.93. The number of fused-ring (bicyclic) bond motifs is 1. The smallest absolute Gasteiger partial charge is 0.269 e. The summed E-state index contributed by atoms with van der Waals surface area (Å²) in [6.07, 6.45) is 5.87. The molecule has 0 radical (unpaired) electrons. The number of hydrogen-bond donors (Lipinski definition) is 2. The number of pyridine rings is 1. The van der Waals surface area contributed by atoms with Gasteiger partial charge in [-0.05, 0) is 30.3 Å². The number of nitrogens with two attached hydrogens (primary N) is 1. The molecule has 1 saturated heterocycles. The molecule has 4 heterocycles. The Morgan fingerprint density at radius 1 is 1.21 bits per heavy atom. The van der Waals surface area contributed by atoms with Crippen LogP contribution in [0.4, 0.5) is 0 Å². The lowest BCUT2D eigenvalue weighted by Crippen LogP contribution is -2.37. The maximum Gasteiger partial charge on any atom is 0.269 e. The molecule has 3 aromatic heterocycles. The fourth-order valence-corrected chi connectivity index (χ4v) is 4.06. The van der Waals surface area contributed by atoms with Gasteiger partial charge >= 0.3 is 0 Å². The fourth-order valence-electron chi connectivity index (χ4n) is 4.06. The van der Waals surface area contributed by atoms with Crippen LogP contribution in [0.5, 0.6) is 0 Å². The normalized spacial score (nSPS) is 17.7. The molecule has 2 amide bonds. The lowest BCUT2D eigenvalue weighted by atomic mass is 10.0. The summed E-state index contributed by atoms with van der Waals surface area (Å²) in [5.41, 5.74) is 7.53. The van der Waals surface area contributed by atoms with Crippen molar-refractivity contribution in [1.82, 2.24) is 24.2 Å². The van der Waals surface area contributed by atoms with Gasteiger partial charge < -0.3 is 20.3 Å². The van der Waals surface area contributed by atoms with E-state index in [2.05, 4.69) is 21.9 Å². The summed E-state index contributed by atoms with van der Waals surface area (Å²) in [4.78, 5) is 30.4. The van der Waals surface area contributed by atoms with E-state index in [0.29, 0.717) is 28.8 Å². The van der Waals surface area contributed by atoms with Gasteiger partial charge in [-0.1, -0.05) is 17.9 Å². The number of amides is 2. The minimum Gasteiger partial charge on any atom is -0.369 e. The van der Waals surface area contributed by atoms with Crippen LogP contribution in [-0.2, 0) is 11.8 Å². The van der Waals surface area contributed by atoms with E-state index in [9.17, 15) is 14.7 Å². The van der Waals surface area contributed by atoms with Gasteiger partial charge in [0, 0.05) is 62.3 Å². The zero-order valence-corrected chi connectivity index (χ0v) is 18.7. The highest BCUT2D eigenvalue weighted by Gasteiger charge is 2.42. The summed E-state index contributed by atoms with van der Waals surface area (Å²) in [5.74, 6) is 4.55. The minimum atomic E-state index is -1.68. The maximum atomic E-state index is 12.2. The van der Waals surface area contributed by atoms with Gasteiger partial charge in [0.05, 0.1) is 11.1 Å². The quantitative estimate of drug-likeness (QED) is 0.455. The number of benzene rings is 1. The number of hydrogen-bond acceptors (Lipinski definition) is 5. The lowest BCUT2D eigenvalue weighted by molar-refractivity contribution is -0.137. The van der Waals surface area contributed by atoms with Crippen LogP contribution in [0.3, 0.4) is 0 Å². The van der Waals surface area contributed by atoms with Crippen LogP contribution in [0.1, 0.15) is 22.5 Å². The minimum absolute atomic E-state index is 0.116. The van der Waals surface area contributed by atoms with Gasteiger partial charge in [0.15, 0.2) is 11.3 Å². The van der Waals surface area contributed by atoms with E-state index in [0.717, 1.165) is 11.1 Å². The van der Waals surface area contributed by atoms with E-state index < -0.39 is 17.4 Å². The number of aromatic nitrogens is 4. The van der Waals surface area contributed by atoms with Crippen molar-refractivity contribution in [1.29, 1.82) is 0 Å². The van der Waals surface area contributed by atoms with E-state index in [-0.39, 0.29) is 12.1 Å². The number of aryl methyl sites for hydroxylation is 1. The first kappa shape index (κ1) is 21.4. The number of likely N-dealkylation sites (N-methyl/N-ethyl adjacent to an activating group) is 1. The van der Waals surface area contributed by atoms with Crippen molar-refractivity contribution in [3.8, 4) is 28.7 Å². The van der Waals surface area contributed by atoms with Gasteiger partial charge in [0.25, 0.3) is 11.8 Å². The molecular weight excluding hydrogens is 432 g/mol. The van der Waals surface area contributed by atoms with Crippen LogP contribution in [0.25, 0.3) is 27.8 Å². The molecule has 0 spiro atoms. The molecule has 3 N–H and O–H groups in total. The predicted octanol–water partition coefficient (Wildman–Crippen LogP) is 1.47. The monoisotopic (exact) mass is 454 g/mol. The Kier molecular flexibility index (Phi) is 4.96. The summed E-state index contributed by atoms with van der Waals surface area (Å²) >= 11 is 0. The van der Waals surface area contributed by atoms with Crippen molar-refractivity contribution in [2.24, 2.45) is 12.8 Å². The molecule has 9 heteroatoms. The highest BCUT2D eigenvalue weighted by atomic mass is 16.3. The second-order valence-electron chi connectivity index (χ2n) is 8.42. The number of nitrogens with zero attached hydrogens (tertiary/aromatic N) is 5.